The lowest BCUT2D eigenvalue weighted by atomic mass is 10.3. The lowest BCUT2D eigenvalue weighted by Crippen LogP contribution is -2.28. The van der Waals surface area contributed by atoms with Crippen LogP contribution in [0.15, 0.2) is 22.7 Å². The number of thioether (sulfide) groups is 1. The molecular formula is C14H13ClFN3O2S. The van der Waals surface area contributed by atoms with Crippen molar-refractivity contribution in [3.63, 3.8) is 0 Å². The highest BCUT2D eigenvalue weighted by Gasteiger charge is 2.33. The number of anilines is 1. The maximum atomic E-state index is 13.5. The Kier molecular flexibility index (Phi) is 4.35. The van der Waals surface area contributed by atoms with Gasteiger partial charge in [-0.25, -0.2) is 4.39 Å². The Morgan fingerprint density at radius 1 is 1.55 bits per heavy atom. The normalized spacial score (nSPS) is 18.2. The lowest BCUT2D eigenvalue weighted by molar-refractivity contribution is -0.116. The number of nitrogens with zero attached hydrogens (tertiary/aromatic N) is 3. The fourth-order valence-corrected chi connectivity index (χ4v) is 3.41. The van der Waals surface area contributed by atoms with E-state index in [2.05, 4.69) is 10.1 Å². The van der Waals surface area contributed by atoms with Crippen LogP contribution in [0, 0.1) is 12.7 Å². The summed E-state index contributed by atoms with van der Waals surface area (Å²) in [6.45, 7) is 2.30. The minimum absolute atomic E-state index is 0.0389. The molecule has 1 aliphatic rings. The van der Waals surface area contributed by atoms with E-state index >= 15 is 0 Å². The SMILES string of the molecule is Cc1noc(CSC2CCN(c3ccc(Cl)c(F)c3)C2=O)n1. The Morgan fingerprint density at radius 3 is 3.05 bits per heavy atom. The second-order valence-electron chi connectivity index (χ2n) is 4.91. The molecule has 2 heterocycles. The fourth-order valence-electron chi connectivity index (χ4n) is 2.29. The number of benzene rings is 1. The van der Waals surface area contributed by atoms with E-state index in [4.69, 9.17) is 16.1 Å². The number of rotatable bonds is 4. The fraction of sp³-hybridized carbons (Fsp3) is 0.357. The van der Waals surface area contributed by atoms with E-state index in [1.807, 2.05) is 0 Å². The van der Waals surface area contributed by atoms with Gasteiger partial charge in [-0.2, -0.15) is 4.98 Å². The molecule has 0 aliphatic carbocycles. The van der Waals surface area contributed by atoms with Crippen molar-refractivity contribution in [3.8, 4) is 0 Å². The van der Waals surface area contributed by atoms with Crippen molar-refractivity contribution in [3.05, 3.63) is 40.8 Å². The van der Waals surface area contributed by atoms with Crippen LogP contribution in [0.4, 0.5) is 10.1 Å². The third-order valence-corrected chi connectivity index (χ3v) is 4.91. The number of carbonyl (C=O) groups excluding carboxylic acids is 1. The molecule has 1 fully saturated rings. The third kappa shape index (κ3) is 3.10. The van der Waals surface area contributed by atoms with Crippen molar-refractivity contribution in [1.82, 2.24) is 10.1 Å². The van der Waals surface area contributed by atoms with E-state index in [0.717, 1.165) is 0 Å². The van der Waals surface area contributed by atoms with Crippen LogP contribution in [-0.4, -0.2) is 27.8 Å². The molecule has 0 radical (unpaired) electrons. The van der Waals surface area contributed by atoms with Gasteiger partial charge >= 0.3 is 0 Å². The Morgan fingerprint density at radius 2 is 2.36 bits per heavy atom. The molecule has 1 aromatic heterocycles. The van der Waals surface area contributed by atoms with E-state index in [9.17, 15) is 9.18 Å². The average Bonchev–Trinajstić information content (AvgIpc) is 3.06. The lowest BCUT2D eigenvalue weighted by Gasteiger charge is -2.16. The number of aromatic nitrogens is 2. The highest BCUT2D eigenvalue weighted by Crippen LogP contribution is 2.31. The molecule has 5 nitrogen and oxygen atoms in total. The van der Waals surface area contributed by atoms with Gasteiger partial charge in [0.1, 0.15) is 5.82 Å². The van der Waals surface area contributed by atoms with E-state index in [1.54, 1.807) is 17.9 Å². The quantitative estimate of drug-likeness (QED) is 0.854. The van der Waals surface area contributed by atoms with Gasteiger partial charge in [0.25, 0.3) is 0 Å². The number of carbonyl (C=O) groups is 1. The van der Waals surface area contributed by atoms with E-state index in [0.29, 0.717) is 36.1 Å². The summed E-state index contributed by atoms with van der Waals surface area (Å²) < 4.78 is 18.6. The van der Waals surface area contributed by atoms with E-state index in [1.165, 1.54) is 23.9 Å². The Bertz CT molecular complexity index is 709. The van der Waals surface area contributed by atoms with Gasteiger partial charge in [-0.1, -0.05) is 16.8 Å². The van der Waals surface area contributed by atoms with Gasteiger partial charge < -0.3 is 9.42 Å². The van der Waals surface area contributed by atoms with Crippen molar-refractivity contribution >= 4 is 35.0 Å². The summed E-state index contributed by atoms with van der Waals surface area (Å²) in [5.74, 6) is 1.00. The molecule has 3 rings (SSSR count). The average molecular weight is 342 g/mol. The summed E-state index contributed by atoms with van der Waals surface area (Å²) in [6.07, 6.45) is 0.695. The molecule has 0 spiro atoms. The molecule has 0 bridgehead atoms. The van der Waals surface area contributed by atoms with Crippen molar-refractivity contribution < 1.29 is 13.7 Å². The van der Waals surface area contributed by atoms with Crippen LogP contribution in [0.1, 0.15) is 18.1 Å². The van der Waals surface area contributed by atoms with Crippen LogP contribution in [-0.2, 0) is 10.5 Å². The zero-order valence-electron chi connectivity index (χ0n) is 11.8. The van der Waals surface area contributed by atoms with E-state index in [-0.39, 0.29) is 16.2 Å². The number of aryl methyl sites for hydroxylation is 1. The minimum atomic E-state index is -0.524. The minimum Gasteiger partial charge on any atom is -0.338 e. The standard InChI is InChI=1S/C14H13ClFN3O2S/c1-8-17-13(21-18-8)7-22-12-4-5-19(14(12)20)9-2-3-10(15)11(16)6-9/h2-3,6,12H,4-5,7H2,1H3. The molecule has 1 saturated heterocycles. The molecule has 1 unspecified atom stereocenters. The van der Waals surface area contributed by atoms with Crippen LogP contribution in [0.25, 0.3) is 0 Å². The van der Waals surface area contributed by atoms with Crippen LogP contribution in [0.3, 0.4) is 0 Å². The first-order valence-corrected chi connectivity index (χ1v) is 8.14. The smallest absolute Gasteiger partial charge is 0.240 e. The van der Waals surface area contributed by atoms with E-state index < -0.39 is 5.82 Å². The zero-order chi connectivity index (χ0) is 15.7. The number of hydrogen-bond acceptors (Lipinski definition) is 5. The molecule has 1 amide bonds. The maximum Gasteiger partial charge on any atom is 0.240 e. The van der Waals surface area contributed by atoms with Crippen molar-refractivity contribution in [2.75, 3.05) is 11.4 Å². The Balaban J connectivity index is 1.65. The molecular weight excluding hydrogens is 329 g/mol. The first-order valence-electron chi connectivity index (χ1n) is 6.72. The van der Waals surface area contributed by atoms with Gasteiger partial charge in [0.2, 0.25) is 11.8 Å². The van der Waals surface area contributed by atoms with Gasteiger partial charge in [0.15, 0.2) is 5.82 Å². The van der Waals surface area contributed by atoms with Gasteiger partial charge in [0, 0.05) is 12.2 Å². The second-order valence-corrected chi connectivity index (χ2v) is 6.51. The first-order chi connectivity index (χ1) is 10.5. The van der Waals surface area contributed by atoms with Gasteiger partial charge in [-0.3, -0.25) is 4.79 Å². The van der Waals surface area contributed by atoms with Gasteiger partial charge in [0.05, 0.1) is 16.0 Å². The van der Waals surface area contributed by atoms with Gasteiger partial charge in [-0.05, 0) is 31.5 Å². The van der Waals surface area contributed by atoms with Crippen molar-refractivity contribution in [2.24, 2.45) is 0 Å². The van der Waals surface area contributed by atoms with Crippen LogP contribution >= 0.6 is 23.4 Å². The molecule has 2 aromatic rings. The summed E-state index contributed by atoms with van der Waals surface area (Å²) in [5.41, 5.74) is 0.531. The largest absolute Gasteiger partial charge is 0.338 e. The Labute approximate surface area is 135 Å². The zero-order valence-corrected chi connectivity index (χ0v) is 13.3. The Hall–Kier alpha value is -1.60. The number of hydrogen-bond donors (Lipinski definition) is 0. The van der Waals surface area contributed by atoms with Gasteiger partial charge in [-0.15, -0.1) is 11.8 Å². The molecule has 1 atom stereocenters. The highest BCUT2D eigenvalue weighted by molar-refractivity contribution is 7.99. The summed E-state index contributed by atoms with van der Waals surface area (Å²) in [4.78, 5) is 18.1. The summed E-state index contributed by atoms with van der Waals surface area (Å²) in [6, 6.07) is 4.40. The third-order valence-electron chi connectivity index (χ3n) is 3.35. The first kappa shape index (κ1) is 15.3. The molecule has 0 saturated carbocycles. The summed E-state index contributed by atoms with van der Waals surface area (Å²) >= 11 is 7.12. The molecule has 1 aliphatic heterocycles. The molecule has 8 heteroatoms. The van der Waals surface area contributed by atoms with Crippen LogP contribution < -0.4 is 4.90 Å². The molecule has 22 heavy (non-hydrogen) atoms. The predicted molar refractivity (Wildman–Crippen MR) is 82.5 cm³/mol. The maximum absolute atomic E-state index is 13.5. The number of amides is 1. The molecule has 1 aromatic carbocycles. The summed E-state index contributed by atoms with van der Waals surface area (Å²) in [5, 5.41) is 3.57. The highest BCUT2D eigenvalue weighted by atomic mass is 35.5. The topological polar surface area (TPSA) is 59.2 Å². The molecule has 0 N–H and O–H groups in total. The monoisotopic (exact) mass is 341 g/mol. The molecule has 116 valence electrons. The van der Waals surface area contributed by atoms with Crippen LogP contribution in [0.2, 0.25) is 5.02 Å². The summed E-state index contributed by atoms with van der Waals surface area (Å²) in [7, 11) is 0. The predicted octanol–water partition coefficient (Wildman–Crippen LogP) is 3.21. The number of halogens is 2. The van der Waals surface area contributed by atoms with Crippen molar-refractivity contribution in [1.29, 1.82) is 0 Å². The second kappa shape index (κ2) is 6.26. The van der Waals surface area contributed by atoms with Crippen molar-refractivity contribution in [2.45, 2.75) is 24.3 Å². The van der Waals surface area contributed by atoms with Crippen LogP contribution in [0.5, 0.6) is 0 Å².